The summed E-state index contributed by atoms with van der Waals surface area (Å²) in [5, 5.41) is 8.99. The first-order chi connectivity index (χ1) is 7.23. The van der Waals surface area contributed by atoms with Crippen LogP contribution in [0.3, 0.4) is 0 Å². The first-order valence-electron chi connectivity index (χ1n) is 6.37. The Bertz CT molecular complexity index is 204. The second-order valence-electron chi connectivity index (χ2n) is 5.35. The summed E-state index contributed by atoms with van der Waals surface area (Å²) in [6.07, 6.45) is 8.72. The van der Waals surface area contributed by atoms with Crippen molar-refractivity contribution in [2.45, 2.75) is 56.5 Å². The minimum Gasteiger partial charge on any atom is -0.396 e. The first kappa shape index (κ1) is 11.4. The van der Waals surface area contributed by atoms with E-state index in [0.29, 0.717) is 0 Å². The Kier molecular flexibility index (Phi) is 3.65. The predicted octanol–water partition coefficient (Wildman–Crippen LogP) is 1.10. The molecule has 0 spiro atoms. The largest absolute Gasteiger partial charge is 0.396 e. The molecule has 2 fully saturated rings. The summed E-state index contributed by atoms with van der Waals surface area (Å²) in [7, 11) is 0. The lowest BCUT2D eigenvalue weighted by atomic mass is 9.93. The Morgan fingerprint density at radius 1 is 1.27 bits per heavy atom. The molecule has 1 saturated heterocycles. The Labute approximate surface area is 92.6 Å². The van der Waals surface area contributed by atoms with Gasteiger partial charge in [0.25, 0.3) is 0 Å². The molecule has 0 aromatic heterocycles. The summed E-state index contributed by atoms with van der Waals surface area (Å²) in [4.78, 5) is 2.56. The molecule has 1 atom stereocenters. The smallest absolute Gasteiger partial charge is 0.0449 e. The Balaban J connectivity index is 1.85. The van der Waals surface area contributed by atoms with Crippen LogP contribution in [0, 0.1) is 0 Å². The van der Waals surface area contributed by atoms with Crippen LogP contribution < -0.4 is 5.73 Å². The summed E-state index contributed by atoms with van der Waals surface area (Å²) in [5.74, 6) is 0. The number of aliphatic hydroxyl groups excluding tert-OH is 1. The second-order valence-corrected chi connectivity index (χ2v) is 5.35. The molecule has 2 rings (SSSR count). The molecule has 88 valence electrons. The van der Waals surface area contributed by atoms with E-state index in [9.17, 15) is 0 Å². The normalized spacial score (nSPS) is 34.8. The number of rotatable bonds is 3. The molecule has 2 aliphatic rings. The monoisotopic (exact) mass is 212 g/mol. The van der Waals surface area contributed by atoms with Crippen molar-refractivity contribution >= 4 is 0 Å². The summed E-state index contributed by atoms with van der Waals surface area (Å²) < 4.78 is 0. The molecule has 3 nitrogen and oxygen atoms in total. The first-order valence-corrected chi connectivity index (χ1v) is 6.37. The molecule has 0 aromatic carbocycles. The van der Waals surface area contributed by atoms with Crippen molar-refractivity contribution in [3.8, 4) is 0 Å². The fourth-order valence-electron chi connectivity index (χ4n) is 3.11. The zero-order chi connectivity index (χ0) is 10.7. The Morgan fingerprint density at radius 2 is 2.00 bits per heavy atom. The molecular weight excluding hydrogens is 188 g/mol. The van der Waals surface area contributed by atoms with E-state index in [4.69, 9.17) is 10.8 Å². The third-order valence-electron chi connectivity index (χ3n) is 4.12. The molecule has 0 aromatic rings. The van der Waals surface area contributed by atoms with Gasteiger partial charge < -0.3 is 10.8 Å². The van der Waals surface area contributed by atoms with E-state index in [1.165, 1.54) is 32.1 Å². The predicted molar refractivity (Wildman–Crippen MR) is 61.7 cm³/mol. The van der Waals surface area contributed by atoms with Crippen LogP contribution in [-0.4, -0.2) is 41.3 Å². The number of hydrogen-bond acceptors (Lipinski definition) is 3. The number of aliphatic hydroxyl groups is 1. The van der Waals surface area contributed by atoms with Crippen LogP contribution in [-0.2, 0) is 0 Å². The highest BCUT2D eigenvalue weighted by Crippen LogP contribution is 2.29. The topological polar surface area (TPSA) is 49.5 Å². The van der Waals surface area contributed by atoms with Crippen LogP contribution in [0.5, 0.6) is 0 Å². The minimum atomic E-state index is -0.105. The van der Waals surface area contributed by atoms with Crippen molar-refractivity contribution in [1.29, 1.82) is 0 Å². The van der Waals surface area contributed by atoms with Gasteiger partial charge in [0.15, 0.2) is 0 Å². The number of nitrogens with zero attached hydrogens (tertiary/aromatic N) is 1. The van der Waals surface area contributed by atoms with E-state index < -0.39 is 0 Å². The van der Waals surface area contributed by atoms with Crippen molar-refractivity contribution < 1.29 is 5.11 Å². The van der Waals surface area contributed by atoms with E-state index in [2.05, 4.69) is 4.90 Å². The Hall–Kier alpha value is -0.120. The quantitative estimate of drug-likeness (QED) is 0.736. The Morgan fingerprint density at radius 3 is 2.67 bits per heavy atom. The minimum absolute atomic E-state index is 0.105. The number of hydrogen-bond donors (Lipinski definition) is 2. The lowest BCUT2D eigenvalue weighted by Crippen LogP contribution is -2.45. The number of nitrogens with two attached hydrogens (primary N) is 1. The highest BCUT2D eigenvalue weighted by Gasteiger charge is 2.36. The van der Waals surface area contributed by atoms with Gasteiger partial charge in [0, 0.05) is 31.3 Å². The van der Waals surface area contributed by atoms with Crippen LogP contribution >= 0.6 is 0 Å². The maximum atomic E-state index is 8.99. The van der Waals surface area contributed by atoms with Gasteiger partial charge in [-0.2, -0.15) is 0 Å². The molecule has 3 heteroatoms. The summed E-state index contributed by atoms with van der Waals surface area (Å²) in [6.45, 7) is 2.37. The van der Waals surface area contributed by atoms with Gasteiger partial charge in [-0.25, -0.2) is 0 Å². The van der Waals surface area contributed by atoms with Gasteiger partial charge in [-0.3, -0.25) is 4.90 Å². The molecule has 1 aliphatic heterocycles. The lowest BCUT2D eigenvalue weighted by molar-refractivity contribution is 0.172. The molecule has 15 heavy (non-hydrogen) atoms. The lowest BCUT2D eigenvalue weighted by Gasteiger charge is -2.32. The van der Waals surface area contributed by atoms with Crippen LogP contribution in [0.15, 0.2) is 0 Å². The van der Waals surface area contributed by atoms with Gasteiger partial charge in [0.1, 0.15) is 0 Å². The van der Waals surface area contributed by atoms with Gasteiger partial charge in [0.2, 0.25) is 0 Å². The fraction of sp³-hybridized carbons (Fsp3) is 1.00. The molecule has 3 N–H and O–H groups in total. The second kappa shape index (κ2) is 4.81. The SMILES string of the molecule is NC1(CCO)CCN(C2CCCCC2)C1. The van der Waals surface area contributed by atoms with E-state index in [1.807, 2.05) is 0 Å². The molecule has 1 saturated carbocycles. The average Bonchev–Trinajstić information content (AvgIpc) is 2.63. The average molecular weight is 212 g/mol. The summed E-state index contributed by atoms with van der Waals surface area (Å²) in [6, 6.07) is 0.780. The third-order valence-corrected chi connectivity index (χ3v) is 4.12. The molecule has 1 aliphatic carbocycles. The van der Waals surface area contributed by atoms with Crippen LogP contribution in [0.25, 0.3) is 0 Å². The van der Waals surface area contributed by atoms with E-state index >= 15 is 0 Å². The number of likely N-dealkylation sites (tertiary alicyclic amines) is 1. The van der Waals surface area contributed by atoms with Crippen molar-refractivity contribution in [3.63, 3.8) is 0 Å². The maximum absolute atomic E-state index is 8.99. The van der Waals surface area contributed by atoms with Gasteiger partial charge in [0.05, 0.1) is 0 Å². The molecule has 0 radical (unpaired) electrons. The standard InChI is InChI=1S/C12H24N2O/c13-12(7-9-15)6-8-14(10-12)11-4-2-1-3-5-11/h11,15H,1-10,13H2. The molecule has 1 unspecified atom stereocenters. The van der Waals surface area contributed by atoms with E-state index in [1.54, 1.807) is 0 Å². The highest BCUT2D eigenvalue weighted by molar-refractivity contribution is 4.96. The zero-order valence-electron chi connectivity index (χ0n) is 9.62. The molecular formula is C12H24N2O. The maximum Gasteiger partial charge on any atom is 0.0449 e. The summed E-state index contributed by atoms with van der Waals surface area (Å²) >= 11 is 0. The molecule has 1 heterocycles. The van der Waals surface area contributed by atoms with Crippen molar-refractivity contribution in [3.05, 3.63) is 0 Å². The van der Waals surface area contributed by atoms with Gasteiger partial charge >= 0.3 is 0 Å². The van der Waals surface area contributed by atoms with Crippen molar-refractivity contribution in [1.82, 2.24) is 4.90 Å². The van der Waals surface area contributed by atoms with Crippen LogP contribution in [0.2, 0.25) is 0 Å². The van der Waals surface area contributed by atoms with Crippen molar-refractivity contribution in [2.75, 3.05) is 19.7 Å². The van der Waals surface area contributed by atoms with Gasteiger partial charge in [-0.1, -0.05) is 19.3 Å². The van der Waals surface area contributed by atoms with Gasteiger partial charge in [-0.15, -0.1) is 0 Å². The third kappa shape index (κ3) is 2.71. The summed E-state index contributed by atoms with van der Waals surface area (Å²) in [5.41, 5.74) is 6.16. The fourth-order valence-corrected chi connectivity index (χ4v) is 3.11. The molecule has 0 bridgehead atoms. The van der Waals surface area contributed by atoms with Crippen molar-refractivity contribution in [2.24, 2.45) is 5.73 Å². The zero-order valence-corrected chi connectivity index (χ0v) is 9.62. The highest BCUT2D eigenvalue weighted by atomic mass is 16.3. The molecule has 0 amide bonds. The van der Waals surface area contributed by atoms with Crippen LogP contribution in [0.4, 0.5) is 0 Å². The van der Waals surface area contributed by atoms with E-state index in [0.717, 1.165) is 32.0 Å². The van der Waals surface area contributed by atoms with E-state index in [-0.39, 0.29) is 12.1 Å². The van der Waals surface area contributed by atoms with Gasteiger partial charge in [-0.05, 0) is 25.7 Å². The van der Waals surface area contributed by atoms with Crippen LogP contribution in [0.1, 0.15) is 44.9 Å².